The van der Waals surface area contributed by atoms with Gasteiger partial charge in [0.25, 0.3) is 0 Å². The number of rotatable bonds is 5. The van der Waals surface area contributed by atoms with Crippen LogP contribution in [0, 0.1) is 0 Å². The smallest absolute Gasteiger partial charge is 0.213 e. The molecule has 0 aliphatic carbocycles. The van der Waals surface area contributed by atoms with Crippen molar-refractivity contribution in [2.75, 3.05) is 13.7 Å². The van der Waals surface area contributed by atoms with Gasteiger partial charge < -0.3 is 10.1 Å². The van der Waals surface area contributed by atoms with Crippen molar-refractivity contribution in [1.29, 1.82) is 0 Å². The second kappa shape index (κ2) is 6.17. The third-order valence-electron chi connectivity index (χ3n) is 2.81. The van der Waals surface area contributed by atoms with E-state index in [-0.39, 0.29) is 0 Å². The molecule has 3 nitrogen and oxygen atoms in total. The lowest BCUT2D eigenvalue weighted by Crippen LogP contribution is -2.11. The quantitative estimate of drug-likeness (QED) is 0.875. The van der Waals surface area contributed by atoms with E-state index in [1.165, 1.54) is 11.1 Å². The molecule has 94 valence electrons. The molecule has 0 unspecified atom stereocenters. The SMILES string of the molecule is CCNCc1ccc(-c2ccnc(OC)c2)cc1. The highest BCUT2D eigenvalue weighted by molar-refractivity contribution is 5.64. The molecule has 0 bridgehead atoms. The van der Waals surface area contributed by atoms with Crippen LogP contribution >= 0.6 is 0 Å². The fourth-order valence-corrected chi connectivity index (χ4v) is 1.79. The molecule has 0 saturated heterocycles. The maximum atomic E-state index is 5.13. The Morgan fingerprint density at radius 3 is 2.56 bits per heavy atom. The van der Waals surface area contributed by atoms with Gasteiger partial charge in [0, 0.05) is 18.8 Å². The summed E-state index contributed by atoms with van der Waals surface area (Å²) in [4.78, 5) is 4.11. The number of hydrogen-bond donors (Lipinski definition) is 1. The fourth-order valence-electron chi connectivity index (χ4n) is 1.79. The Morgan fingerprint density at radius 2 is 1.89 bits per heavy atom. The van der Waals surface area contributed by atoms with Crippen LogP contribution in [-0.2, 0) is 6.54 Å². The summed E-state index contributed by atoms with van der Waals surface area (Å²) in [5.74, 6) is 0.643. The number of nitrogens with zero attached hydrogens (tertiary/aromatic N) is 1. The van der Waals surface area contributed by atoms with E-state index in [0.29, 0.717) is 5.88 Å². The van der Waals surface area contributed by atoms with E-state index in [2.05, 4.69) is 41.5 Å². The van der Waals surface area contributed by atoms with Gasteiger partial charge in [-0.3, -0.25) is 0 Å². The van der Waals surface area contributed by atoms with E-state index in [9.17, 15) is 0 Å². The number of ether oxygens (including phenoxy) is 1. The molecule has 0 fully saturated rings. The lowest BCUT2D eigenvalue weighted by atomic mass is 10.1. The van der Waals surface area contributed by atoms with Crippen molar-refractivity contribution in [3.8, 4) is 17.0 Å². The third kappa shape index (κ3) is 3.08. The molecular formula is C15H18N2O. The molecule has 2 rings (SSSR count). The van der Waals surface area contributed by atoms with E-state index in [1.54, 1.807) is 13.3 Å². The lowest BCUT2D eigenvalue weighted by Gasteiger charge is -2.06. The van der Waals surface area contributed by atoms with E-state index < -0.39 is 0 Å². The Labute approximate surface area is 108 Å². The zero-order valence-corrected chi connectivity index (χ0v) is 10.8. The zero-order valence-electron chi connectivity index (χ0n) is 10.8. The molecular weight excluding hydrogens is 224 g/mol. The van der Waals surface area contributed by atoms with Crippen LogP contribution in [0.3, 0.4) is 0 Å². The molecule has 18 heavy (non-hydrogen) atoms. The lowest BCUT2D eigenvalue weighted by molar-refractivity contribution is 0.398. The summed E-state index contributed by atoms with van der Waals surface area (Å²) in [5, 5.41) is 3.31. The first-order chi connectivity index (χ1) is 8.83. The molecule has 2 aromatic rings. The monoisotopic (exact) mass is 242 g/mol. The third-order valence-corrected chi connectivity index (χ3v) is 2.81. The largest absolute Gasteiger partial charge is 0.481 e. The highest BCUT2D eigenvalue weighted by Gasteiger charge is 2.00. The predicted molar refractivity (Wildman–Crippen MR) is 73.6 cm³/mol. The second-order valence-electron chi connectivity index (χ2n) is 4.06. The highest BCUT2D eigenvalue weighted by atomic mass is 16.5. The predicted octanol–water partition coefficient (Wildman–Crippen LogP) is 2.87. The Balaban J connectivity index is 2.17. The number of aromatic nitrogens is 1. The van der Waals surface area contributed by atoms with Crippen molar-refractivity contribution in [3.63, 3.8) is 0 Å². The standard InChI is InChI=1S/C15H18N2O/c1-3-16-11-12-4-6-13(7-5-12)14-8-9-17-15(10-14)18-2/h4-10,16H,3,11H2,1-2H3. The number of benzene rings is 1. The summed E-state index contributed by atoms with van der Waals surface area (Å²) in [6, 6.07) is 12.5. The van der Waals surface area contributed by atoms with Crippen molar-refractivity contribution in [2.24, 2.45) is 0 Å². The fraction of sp³-hybridized carbons (Fsp3) is 0.267. The van der Waals surface area contributed by atoms with Crippen LogP contribution < -0.4 is 10.1 Å². The van der Waals surface area contributed by atoms with Gasteiger partial charge in [-0.25, -0.2) is 4.98 Å². The number of methoxy groups -OCH3 is 1. The van der Waals surface area contributed by atoms with Gasteiger partial charge in [-0.05, 0) is 29.3 Å². The highest BCUT2D eigenvalue weighted by Crippen LogP contribution is 2.22. The van der Waals surface area contributed by atoms with Crippen molar-refractivity contribution in [3.05, 3.63) is 48.2 Å². The van der Waals surface area contributed by atoms with E-state index in [4.69, 9.17) is 4.74 Å². The minimum Gasteiger partial charge on any atom is -0.481 e. The summed E-state index contributed by atoms with van der Waals surface area (Å²) >= 11 is 0. The normalized spacial score (nSPS) is 10.3. The van der Waals surface area contributed by atoms with Gasteiger partial charge in [-0.15, -0.1) is 0 Å². The molecule has 0 radical (unpaired) electrons. The summed E-state index contributed by atoms with van der Waals surface area (Å²) in [7, 11) is 1.63. The summed E-state index contributed by atoms with van der Waals surface area (Å²) in [6.45, 7) is 4.01. The molecule has 0 spiro atoms. The van der Waals surface area contributed by atoms with Crippen molar-refractivity contribution < 1.29 is 4.74 Å². The molecule has 0 aliphatic heterocycles. The first-order valence-corrected chi connectivity index (χ1v) is 6.13. The molecule has 3 heteroatoms. The average molecular weight is 242 g/mol. The molecule has 0 aliphatic rings. The van der Waals surface area contributed by atoms with Crippen LogP contribution in [0.5, 0.6) is 5.88 Å². The molecule has 0 saturated carbocycles. The van der Waals surface area contributed by atoms with Crippen LogP contribution in [0.2, 0.25) is 0 Å². The van der Waals surface area contributed by atoms with Gasteiger partial charge in [0.15, 0.2) is 0 Å². The van der Waals surface area contributed by atoms with Crippen molar-refractivity contribution >= 4 is 0 Å². The van der Waals surface area contributed by atoms with E-state index in [0.717, 1.165) is 18.7 Å². The summed E-state index contributed by atoms with van der Waals surface area (Å²) in [6.07, 6.45) is 1.76. The van der Waals surface area contributed by atoms with Crippen LogP contribution in [0.25, 0.3) is 11.1 Å². The minimum absolute atomic E-state index is 0.643. The molecule has 0 amide bonds. The Hall–Kier alpha value is -1.87. The number of pyridine rings is 1. The summed E-state index contributed by atoms with van der Waals surface area (Å²) in [5.41, 5.74) is 3.59. The Kier molecular flexibility index (Phi) is 4.31. The van der Waals surface area contributed by atoms with E-state index in [1.807, 2.05) is 12.1 Å². The van der Waals surface area contributed by atoms with E-state index >= 15 is 0 Å². The minimum atomic E-state index is 0.643. The number of hydrogen-bond acceptors (Lipinski definition) is 3. The second-order valence-corrected chi connectivity index (χ2v) is 4.06. The van der Waals surface area contributed by atoms with Gasteiger partial charge in [0.05, 0.1) is 7.11 Å². The topological polar surface area (TPSA) is 34.2 Å². The molecule has 1 aromatic heterocycles. The van der Waals surface area contributed by atoms with Crippen LogP contribution in [0.4, 0.5) is 0 Å². The zero-order chi connectivity index (χ0) is 12.8. The van der Waals surface area contributed by atoms with Crippen molar-refractivity contribution in [2.45, 2.75) is 13.5 Å². The van der Waals surface area contributed by atoms with Crippen LogP contribution in [0.15, 0.2) is 42.6 Å². The van der Waals surface area contributed by atoms with Gasteiger partial charge in [-0.2, -0.15) is 0 Å². The van der Waals surface area contributed by atoms with Crippen LogP contribution in [-0.4, -0.2) is 18.6 Å². The summed E-state index contributed by atoms with van der Waals surface area (Å²) < 4.78 is 5.13. The Morgan fingerprint density at radius 1 is 1.11 bits per heavy atom. The maximum absolute atomic E-state index is 5.13. The Bertz CT molecular complexity index is 494. The van der Waals surface area contributed by atoms with Gasteiger partial charge in [0.1, 0.15) is 0 Å². The first kappa shape index (κ1) is 12.6. The first-order valence-electron chi connectivity index (χ1n) is 6.13. The van der Waals surface area contributed by atoms with Gasteiger partial charge in [0.2, 0.25) is 5.88 Å². The maximum Gasteiger partial charge on any atom is 0.213 e. The van der Waals surface area contributed by atoms with Crippen LogP contribution in [0.1, 0.15) is 12.5 Å². The average Bonchev–Trinajstić information content (AvgIpc) is 2.46. The van der Waals surface area contributed by atoms with Gasteiger partial charge >= 0.3 is 0 Å². The molecule has 1 heterocycles. The molecule has 0 atom stereocenters. The number of nitrogens with one attached hydrogen (secondary N) is 1. The molecule has 1 aromatic carbocycles. The molecule has 1 N–H and O–H groups in total. The van der Waals surface area contributed by atoms with Gasteiger partial charge in [-0.1, -0.05) is 31.2 Å². The van der Waals surface area contributed by atoms with Crippen molar-refractivity contribution in [1.82, 2.24) is 10.3 Å².